The normalized spacial score (nSPS) is 56.2. The van der Waals surface area contributed by atoms with Crippen LogP contribution in [0.2, 0.25) is 19.6 Å². The highest BCUT2D eigenvalue weighted by molar-refractivity contribution is 9.09. The van der Waals surface area contributed by atoms with Crippen LogP contribution in [0.3, 0.4) is 0 Å². The summed E-state index contributed by atoms with van der Waals surface area (Å²) in [4.78, 5) is 28.2. The molecule has 5 aliphatic carbocycles. The Kier molecular flexibility index (Phi) is 5.09. The summed E-state index contributed by atoms with van der Waals surface area (Å²) in [6.45, 7) is 9.08. The molecule has 0 aromatic heterocycles. The van der Waals surface area contributed by atoms with Gasteiger partial charge in [-0.3, -0.25) is 14.5 Å². The lowest BCUT2D eigenvalue weighted by atomic mass is 9.47. The average Bonchev–Trinajstić information content (AvgIpc) is 3.22. The van der Waals surface area contributed by atoms with E-state index in [9.17, 15) is 14.7 Å². The van der Waals surface area contributed by atoms with Crippen LogP contribution >= 0.6 is 15.9 Å². The summed E-state index contributed by atoms with van der Waals surface area (Å²) in [6, 6.07) is -0.0852. The first kappa shape index (κ1) is 24.7. The van der Waals surface area contributed by atoms with E-state index in [1.807, 2.05) is 0 Å². The zero-order chi connectivity index (χ0) is 25.5. The molecule has 0 aromatic carbocycles. The van der Waals surface area contributed by atoms with E-state index < -0.39 is 31.2 Å². The molecule has 3 spiro atoms. The number of rotatable bonds is 6. The molecule has 10 heteroatoms. The summed E-state index contributed by atoms with van der Waals surface area (Å²) >= 11 is 4.10. The third-order valence-corrected chi connectivity index (χ3v) is 13.7. The summed E-state index contributed by atoms with van der Waals surface area (Å²) < 4.78 is 26.2. The van der Waals surface area contributed by atoms with Crippen molar-refractivity contribution in [3.63, 3.8) is 0 Å². The molecule has 3 heterocycles. The van der Waals surface area contributed by atoms with Crippen LogP contribution in [0.15, 0.2) is 0 Å². The van der Waals surface area contributed by atoms with Crippen molar-refractivity contribution >= 4 is 36.4 Å². The molecular formula is C26H38BrNO7Si. The van der Waals surface area contributed by atoms with Gasteiger partial charge >= 0.3 is 0 Å². The van der Waals surface area contributed by atoms with Crippen LogP contribution in [0.25, 0.3) is 0 Å². The van der Waals surface area contributed by atoms with Gasteiger partial charge in [0.05, 0.1) is 54.0 Å². The number of alkyl halides is 1. The molecule has 200 valence electrons. The second-order valence-corrected chi connectivity index (χ2v) is 19.0. The van der Waals surface area contributed by atoms with E-state index >= 15 is 0 Å². The molecule has 3 aliphatic heterocycles. The summed E-state index contributed by atoms with van der Waals surface area (Å²) in [5, 5.41) is 9.35. The second kappa shape index (κ2) is 7.43. The number of hydrogen-bond acceptors (Lipinski definition) is 7. The highest BCUT2D eigenvalue weighted by Gasteiger charge is 2.97. The van der Waals surface area contributed by atoms with Crippen molar-refractivity contribution in [2.24, 2.45) is 28.1 Å². The average molecular weight is 585 g/mol. The predicted molar refractivity (Wildman–Crippen MR) is 135 cm³/mol. The lowest BCUT2D eigenvalue weighted by Gasteiger charge is -2.70. The van der Waals surface area contributed by atoms with Crippen LogP contribution in [0.1, 0.15) is 45.4 Å². The van der Waals surface area contributed by atoms with E-state index in [2.05, 4.69) is 42.5 Å². The molecular weight excluding hydrogens is 546 g/mol. The molecule has 8 fully saturated rings. The number of aliphatic hydroxyl groups is 1. The topological polar surface area (TPSA) is 94.5 Å². The van der Waals surface area contributed by atoms with E-state index in [4.69, 9.17) is 18.6 Å². The number of hydrogen-bond donors (Lipinski definition) is 1. The van der Waals surface area contributed by atoms with Crippen molar-refractivity contribution in [1.29, 1.82) is 0 Å². The molecule has 36 heavy (non-hydrogen) atoms. The van der Waals surface area contributed by atoms with Gasteiger partial charge in [-0.1, -0.05) is 22.9 Å². The van der Waals surface area contributed by atoms with E-state index in [-0.39, 0.29) is 47.1 Å². The lowest BCUT2D eigenvalue weighted by molar-refractivity contribution is -0.442. The molecule has 8 nitrogen and oxygen atoms in total. The summed E-state index contributed by atoms with van der Waals surface area (Å²) in [5.41, 5.74) is -1.70. The Morgan fingerprint density at radius 3 is 2.72 bits per heavy atom. The number of ether oxygens (including phenoxy) is 3. The van der Waals surface area contributed by atoms with Gasteiger partial charge in [-0.15, -0.1) is 0 Å². The fourth-order valence-electron chi connectivity index (χ4n) is 10.4. The Morgan fingerprint density at radius 2 is 2.03 bits per heavy atom. The first-order chi connectivity index (χ1) is 17.0. The number of halogens is 1. The number of nitrogens with zero attached hydrogens (tertiary/aromatic N) is 1. The lowest BCUT2D eigenvalue weighted by Crippen LogP contribution is -2.81. The van der Waals surface area contributed by atoms with Gasteiger partial charge in [-0.2, -0.15) is 0 Å². The van der Waals surface area contributed by atoms with Crippen LogP contribution in [0.4, 0.5) is 0 Å². The third-order valence-electron chi connectivity index (χ3n) is 11.3. The number of carbonyl (C=O) groups is 2. The summed E-state index contributed by atoms with van der Waals surface area (Å²) in [7, 11) is -1.97. The first-order valence-corrected chi connectivity index (χ1v) is 18.0. The van der Waals surface area contributed by atoms with Crippen molar-refractivity contribution in [3.8, 4) is 0 Å². The van der Waals surface area contributed by atoms with Crippen LogP contribution in [-0.4, -0.2) is 84.9 Å². The standard InChI is InChI=1S/C26H38BrNO7Si/c1-23-12-17(31)25-15(14(23)5-6-18(23)32-10-9-29)7-8-24-11-16-19(35-36(2,3)4)20(26(24,25)21(25)27)33-22(34-24)28(16)13-30/h13-16,18-22,29H,5-12H2,1-4H3/t14?,15?,16?,18?,19?,20?,21-,22?,23?,24?,25?,26?/m1/s1. The first-order valence-electron chi connectivity index (χ1n) is 13.7. The van der Waals surface area contributed by atoms with Gasteiger partial charge in [-0.25, -0.2) is 0 Å². The van der Waals surface area contributed by atoms with Crippen LogP contribution in [-0.2, 0) is 28.2 Å². The maximum Gasteiger partial charge on any atom is 0.243 e. The molecule has 1 N–H and O–H groups in total. The summed E-state index contributed by atoms with van der Waals surface area (Å²) in [5.74, 6) is 0.932. The fraction of sp³-hybridized carbons (Fsp3) is 0.923. The van der Waals surface area contributed by atoms with E-state index in [1.165, 1.54) is 0 Å². The Morgan fingerprint density at radius 1 is 1.25 bits per heavy atom. The highest BCUT2D eigenvalue weighted by atomic mass is 79.9. The molecule has 1 amide bonds. The van der Waals surface area contributed by atoms with Crippen LogP contribution in [0.5, 0.6) is 0 Å². The molecule has 12 atom stereocenters. The Bertz CT molecular complexity index is 1010. The maximum atomic E-state index is 14.5. The number of ketones is 1. The van der Waals surface area contributed by atoms with Crippen molar-refractivity contribution in [1.82, 2.24) is 4.90 Å². The van der Waals surface area contributed by atoms with Gasteiger partial charge in [-0.05, 0) is 57.2 Å². The number of carbonyl (C=O) groups excluding carboxylic acids is 2. The monoisotopic (exact) mass is 583 g/mol. The molecule has 5 saturated carbocycles. The maximum absolute atomic E-state index is 14.5. The summed E-state index contributed by atoms with van der Waals surface area (Å²) in [6.07, 6.45) is 4.61. The van der Waals surface area contributed by atoms with E-state index in [1.54, 1.807) is 4.90 Å². The molecule has 3 saturated heterocycles. The number of fused-ring (bicyclic) bond motifs is 2. The molecule has 0 radical (unpaired) electrons. The van der Waals surface area contributed by atoms with Gasteiger partial charge in [0.1, 0.15) is 5.78 Å². The minimum Gasteiger partial charge on any atom is -0.410 e. The SMILES string of the molecule is CC12CC(=O)C34C(CCC56CC7C(O[Si](C)(C)C)C(OC(O5)N7C=O)C63[C@@H]4Br)C1CCC2OCCO. The minimum absolute atomic E-state index is 0.00262. The second-order valence-electron chi connectivity index (χ2n) is 13.6. The highest BCUT2D eigenvalue weighted by Crippen LogP contribution is 2.89. The Balaban J connectivity index is 1.32. The molecule has 11 unspecified atom stereocenters. The smallest absolute Gasteiger partial charge is 0.243 e. The third kappa shape index (κ3) is 2.55. The van der Waals surface area contributed by atoms with Crippen LogP contribution < -0.4 is 0 Å². The van der Waals surface area contributed by atoms with Gasteiger partial charge in [0.2, 0.25) is 12.8 Å². The number of amides is 1. The van der Waals surface area contributed by atoms with Crippen molar-refractivity contribution in [2.75, 3.05) is 13.2 Å². The Hall–Kier alpha value is -0.363. The number of aliphatic hydroxyl groups excluding tert-OH is 1. The molecule has 4 bridgehead atoms. The Labute approximate surface area is 222 Å². The van der Waals surface area contributed by atoms with Crippen molar-refractivity contribution in [3.05, 3.63) is 0 Å². The fourth-order valence-corrected chi connectivity index (χ4v) is 13.4. The minimum atomic E-state index is -1.97. The molecule has 0 aromatic rings. The van der Waals surface area contributed by atoms with Gasteiger partial charge in [0, 0.05) is 23.1 Å². The number of Topliss-reactive ketones (excluding diaryl/α,β-unsaturated/α-hetero) is 1. The van der Waals surface area contributed by atoms with Gasteiger partial charge in [0.25, 0.3) is 0 Å². The quantitative estimate of drug-likeness (QED) is 0.292. The van der Waals surface area contributed by atoms with Gasteiger partial charge < -0.3 is 23.7 Å². The molecule has 8 rings (SSSR count). The van der Waals surface area contributed by atoms with Crippen LogP contribution in [0, 0.1) is 28.1 Å². The van der Waals surface area contributed by atoms with Gasteiger partial charge in [0.15, 0.2) is 8.32 Å². The largest absolute Gasteiger partial charge is 0.410 e. The van der Waals surface area contributed by atoms with Crippen molar-refractivity contribution in [2.45, 2.75) is 106 Å². The molecule has 8 aliphatic rings. The van der Waals surface area contributed by atoms with E-state index in [0.717, 1.165) is 32.1 Å². The van der Waals surface area contributed by atoms with E-state index in [0.29, 0.717) is 31.1 Å². The zero-order valence-corrected chi connectivity index (χ0v) is 24.2. The van der Waals surface area contributed by atoms with Crippen molar-refractivity contribution < 1.29 is 33.3 Å². The zero-order valence-electron chi connectivity index (χ0n) is 21.6. The predicted octanol–water partition coefficient (Wildman–Crippen LogP) is 2.82.